The van der Waals surface area contributed by atoms with Crippen LogP contribution < -0.4 is 10.5 Å². The van der Waals surface area contributed by atoms with E-state index in [1.54, 1.807) is 17.5 Å². The summed E-state index contributed by atoms with van der Waals surface area (Å²) in [5.74, 6) is 0.582. The molecule has 0 fully saturated rings. The molecule has 0 amide bonds. The van der Waals surface area contributed by atoms with Gasteiger partial charge in [0, 0.05) is 24.2 Å². The largest absolute Gasteiger partial charge is 0.338 e. The number of nitrogens with one attached hydrogen (secondary N) is 1. The van der Waals surface area contributed by atoms with Gasteiger partial charge in [0.05, 0.1) is 5.39 Å². The minimum absolute atomic E-state index is 0.155. The molecule has 1 N–H and O–H groups in total. The van der Waals surface area contributed by atoms with Crippen LogP contribution in [-0.4, -0.2) is 21.5 Å². The number of hydrogen-bond donors (Lipinski definition) is 1. The summed E-state index contributed by atoms with van der Waals surface area (Å²) in [5.41, 5.74) is 3.78. The van der Waals surface area contributed by atoms with E-state index in [0.29, 0.717) is 17.0 Å². The maximum absolute atomic E-state index is 12.9. The average molecular weight is 386 g/mol. The van der Waals surface area contributed by atoms with E-state index in [2.05, 4.69) is 38.1 Å². The lowest BCUT2D eigenvalue weighted by Crippen LogP contribution is -2.33. The molecule has 0 spiro atoms. The highest BCUT2D eigenvalue weighted by Crippen LogP contribution is 2.23. The average Bonchev–Trinajstić information content (AvgIpc) is 3.25. The highest BCUT2D eigenvalue weighted by Gasteiger charge is 2.19. The molecule has 0 atom stereocenters. The zero-order chi connectivity index (χ0) is 18.9. The fourth-order valence-electron chi connectivity index (χ4n) is 3.60. The molecule has 0 radical (unpaired) electrons. The number of benzene rings is 1. The van der Waals surface area contributed by atoms with Crippen molar-refractivity contribution in [2.45, 2.75) is 13.0 Å². The van der Waals surface area contributed by atoms with Crippen LogP contribution in [-0.2, 0) is 13.0 Å². The molecule has 0 unspecified atom stereocenters. The van der Waals surface area contributed by atoms with Crippen LogP contribution in [0, 0.1) is 0 Å². The first-order chi connectivity index (χ1) is 13.8. The Hall–Kier alpha value is -3.25. The van der Waals surface area contributed by atoms with Gasteiger partial charge in [-0.25, -0.2) is 4.98 Å². The van der Waals surface area contributed by atoms with Crippen molar-refractivity contribution >= 4 is 40.5 Å². The maximum Gasteiger partial charge on any atom is 0.262 e. The molecule has 5 nitrogen and oxygen atoms in total. The van der Waals surface area contributed by atoms with Crippen LogP contribution >= 0.6 is 11.3 Å². The van der Waals surface area contributed by atoms with Crippen molar-refractivity contribution in [1.82, 2.24) is 15.0 Å². The standard InChI is InChI=1S/C22H18N4OS/c27-21-19-16(7-8-18-6-3-13-28-18)9-11-23-20(19)24-22(25-21)26-12-10-15-4-1-2-5-17(15)14-26/h1-9,11,13H,10,12,14H2,(H,23,24,25,27)/b8-7+. The van der Waals surface area contributed by atoms with Gasteiger partial charge < -0.3 is 4.90 Å². The lowest BCUT2D eigenvalue weighted by molar-refractivity contribution is 0.708. The van der Waals surface area contributed by atoms with Gasteiger partial charge in [-0.15, -0.1) is 11.3 Å². The van der Waals surface area contributed by atoms with Crippen molar-refractivity contribution < 1.29 is 0 Å². The molecule has 28 heavy (non-hydrogen) atoms. The van der Waals surface area contributed by atoms with Crippen molar-refractivity contribution in [2.75, 3.05) is 11.4 Å². The number of aromatic amines is 1. The van der Waals surface area contributed by atoms with Crippen LogP contribution in [0.5, 0.6) is 0 Å². The number of pyridine rings is 1. The molecular formula is C22H18N4OS. The third-order valence-electron chi connectivity index (χ3n) is 5.03. The van der Waals surface area contributed by atoms with Crippen LogP contribution in [0.3, 0.4) is 0 Å². The third-order valence-corrected chi connectivity index (χ3v) is 5.87. The topological polar surface area (TPSA) is 61.9 Å². The Labute approximate surface area is 166 Å². The van der Waals surface area contributed by atoms with Gasteiger partial charge in [0.1, 0.15) is 0 Å². The number of anilines is 1. The van der Waals surface area contributed by atoms with E-state index < -0.39 is 0 Å². The first-order valence-corrected chi connectivity index (χ1v) is 10.1. The highest BCUT2D eigenvalue weighted by molar-refractivity contribution is 7.10. The molecule has 3 aromatic heterocycles. The second-order valence-corrected chi connectivity index (χ2v) is 7.76. The fraction of sp³-hybridized carbons (Fsp3) is 0.136. The van der Waals surface area contributed by atoms with Crippen LogP contribution in [0.4, 0.5) is 5.95 Å². The number of H-pyrrole nitrogens is 1. The molecule has 0 saturated carbocycles. The minimum Gasteiger partial charge on any atom is -0.338 e. The normalized spacial score (nSPS) is 13.9. The second-order valence-electron chi connectivity index (χ2n) is 6.78. The van der Waals surface area contributed by atoms with Crippen molar-refractivity contribution in [3.63, 3.8) is 0 Å². The molecule has 4 aromatic rings. The van der Waals surface area contributed by atoms with Gasteiger partial charge in [0.25, 0.3) is 5.56 Å². The van der Waals surface area contributed by atoms with Crippen LogP contribution in [0.1, 0.15) is 21.6 Å². The minimum atomic E-state index is -0.155. The van der Waals surface area contributed by atoms with Gasteiger partial charge in [-0.3, -0.25) is 9.78 Å². The Bertz CT molecular complexity index is 1230. The molecule has 1 aromatic carbocycles. The molecule has 1 aliphatic heterocycles. The van der Waals surface area contributed by atoms with E-state index in [1.807, 2.05) is 41.8 Å². The smallest absolute Gasteiger partial charge is 0.262 e. The van der Waals surface area contributed by atoms with Gasteiger partial charge in [-0.2, -0.15) is 4.98 Å². The fourth-order valence-corrected chi connectivity index (χ4v) is 4.22. The SMILES string of the molecule is O=c1[nH]c(N2CCc3ccccc3C2)nc2nccc(/C=C/c3cccs3)c12. The number of thiophene rings is 1. The summed E-state index contributed by atoms with van der Waals surface area (Å²) in [5, 5.41) is 2.55. The van der Waals surface area contributed by atoms with Crippen molar-refractivity contribution in [3.05, 3.63) is 86.0 Å². The summed E-state index contributed by atoms with van der Waals surface area (Å²) in [4.78, 5) is 28.1. The van der Waals surface area contributed by atoms with Gasteiger partial charge in [-0.05, 0) is 46.7 Å². The zero-order valence-corrected chi connectivity index (χ0v) is 15.9. The van der Waals surface area contributed by atoms with E-state index in [-0.39, 0.29) is 5.56 Å². The summed E-state index contributed by atoms with van der Waals surface area (Å²) < 4.78 is 0. The van der Waals surface area contributed by atoms with Crippen LogP contribution in [0.25, 0.3) is 23.2 Å². The van der Waals surface area contributed by atoms with Gasteiger partial charge in [0.15, 0.2) is 5.65 Å². The van der Waals surface area contributed by atoms with Crippen molar-refractivity contribution in [1.29, 1.82) is 0 Å². The molecule has 0 aliphatic carbocycles. The van der Waals surface area contributed by atoms with Gasteiger partial charge in [0.2, 0.25) is 5.95 Å². The van der Waals surface area contributed by atoms with Gasteiger partial charge in [-0.1, -0.05) is 36.4 Å². The number of hydrogen-bond acceptors (Lipinski definition) is 5. The van der Waals surface area contributed by atoms with E-state index in [1.165, 1.54) is 11.1 Å². The molecule has 1 aliphatic rings. The lowest BCUT2D eigenvalue weighted by Gasteiger charge is -2.29. The molecule has 0 bridgehead atoms. The van der Waals surface area contributed by atoms with Crippen molar-refractivity contribution in [2.24, 2.45) is 0 Å². The Balaban J connectivity index is 1.52. The highest BCUT2D eigenvalue weighted by atomic mass is 32.1. The van der Waals surface area contributed by atoms with E-state index in [0.717, 1.165) is 30.0 Å². The van der Waals surface area contributed by atoms with Gasteiger partial charge >= 0.3 is 0 Å². The molecule has 5 rings (SSSR count). The molecule has 138 valence electrons. The molecular weight excluding hydrogens is 368 g/mol. The summed E-state index contributed by atoms with van der Waals surface area (Å²) in [6.45, 7) is 1.56. The van der Waals surface area contributed by atoms with E-state index in [9.17, 15) is 4.79 Å². The zero-order valence-electron chi connectivity index (χ0n) is 15.1. The molecule has 6 heteroatoms. The van der Waals surface area contributed by atoms with E-state index in [4.69, 9.17) is 0 Å². The summed E-state index contributed by atoms with van der Waals surface area (Å²) >= 11 is 1.66. The molecule has 0 saturated heterocycles. The first-order valence-electron chi connectivity index (χ1n) is 9.20. The summed E-state index contributed by atoms with van der Waals surface area (Å²) in [6.07, 6.45) is 6.60. The maximum atomic E-state index is 12.9. The van der Waals surface area contributed by atoms with Crippen molar-refractivity contribution in [3.8, 4) is 0 Å². The van der Waals surface area contributed by atoms with Crippen LogP contribution in [0.15, 0.2) is 58.8 Å². The summed E-state index contributed by atoms with van der Waals surface area (Å²) in [7, 11) is 0. The number of rotatable bonds is 3. The first kappa shape index (κ1) is 16.9. The van der Waals surface area contributed by atoms with E-state index >= 15 is 0 Å². The Morgan fingerprint density at radius 1 is 1.07 bits per heavy atom. The summed E-state index contributed by atoms with van der Waals surface area (Å²) in [6, 6.07) is 14.3. The number of aromatic nitrogens is 3. The van der Waals surface area contributed by atoms with Crippen LogP contribution in [0.2, 0.25) is 0 Å². The second kappa shape index (κ2) is 7.05. The Morgan fingerprint density at radius 2 is 1.96 bits per heavy atom. The number of nitrogens with zero attached hydrogens (tertiary/aromatic N) is 3. The Morgan fingerprint density at radius 3 is 2.82 bits per heavy atom. The predicted molar refractivity (Wildman–Crippen MR) is 115 cm³/mol. The quantitative estimate of drug-likeness (QED) is 0.576. The lowest BCUT2D eigenvalue weighted by atomic mass is 10.0. The number of fused-ring (bicyclic) bond motifs is 2. The Kier molecular flexibility index (Phi) is 4.25. The predicted octanol–water partition coefficient (Wildman–Crippen LogP) is 4.11. The third kappa shape index (κ3) is 3.12. The monoisotopic (exact) mass is 386 g/mol. The molecule has 4 heterocycles.